The van der Waals surface area contributed by atoms with Crippen molar-refractivity contribution in [2.24, 2.45) is 0 Å². The molecule has 1 amide bonds. The quantitative estimate of drug-likeness (QED) is 0.464. The molecule has 0 spiro atoms. The van der Waals surface area contributed by atoms with Gasteiger partial charge in [-0.1, -0.05) is 35.5 Å². The topological polar surface area (TPSA) is 121 Å². The van der Waals surface area contributed by atoms with Crippen molar-refractivity contribution in [2.75, 3.05) is 5.32 Å². The van der Waals surface area contributed by atoms with Crippen LogP contribution in [0.25, 0.3) is 22.2 Å². The highest BCUT2D eigenvalue weighted by molar-refractivity contribution is 6.06. The fourth-order valence-corrected chi connectivity index (χ4v) is 2.46. The van der Waals surface area contributed by atoms with E-state index in [2.05, 4.69) is 20.7 Å². The summed E-state index contributed by atoms with van der Waals surface area (Å²) in [6.45, 7) is -0.250. The van der Waals surface area contributed by atoms with Crippen molar-refractivity contribution < 1.29 is 28.0 Å². The maximum absolute atomic E-state index is 13.9. The number of hydrogen-bond donors (Lipinski definition) is 3. The second-order valence-electron chi connectivity index (χ2n) is 5.38. The lowest BCUT2D eigenvalue weighted by Gasteiger charge is -2.00. The van der Waals surface area contributed by atoms with Crippen LogP contribution in [0.4, 0.5) is 14.6 Å². The number of nitrogens with one attached hydrogen (secondary N) is 2. The molecule has 0 unspecified atom stereocenters. The Labute approximate surface area is 155 Å². The number of aromatic amines is 1. The number of carboxylic acid groups (broad SMARTS) is 1. The molecule has 4 rings (SSSR count). The fraction of sp³-hybridized carbons (Fsp3) is 0. The summed E-state index contributed by atoms with van der Waals surface area (Å²) in [7, 11) is 0. The van der Waals surface area contributed by atoms with Gasteiger partial charge in [-0.3, -0.25) is 14.7 Å². The van der Waals surface area contributed by atoms with Gasteiger partial charge < -0.3 is 14.9 Å². The Bertz CT molecular complexity index is 1130. The van der Waals surface area contributed by atoms with Gasteiger partial charge in [0, 0.05) is 17.7 Å². The van der Waals surface area contributed by atoms with Gasteiger partial charge in [-0.05, 0) is 6.07 Å². The van der Waals surface area contributed by atoms with Crippen LogP contribution in [-0.4, -0.2) is 32.8 Å². The molecule has 8 nitrogen and oxygen atoms in total. The number of H-pyrrole nitrogens is 1. The number of rotatable bonds is 3. The summed E-state index contributed by atoms with van der Waals surface area (Å²) in [6, 6.07) is 12.4. The van der Waals surface area contributed by atoms with Gasteiger partial charge in [-0.25, -0.2) is 8.78 Å². The SMILES string of the molecule is O=C(Nc1n[nH]c2cc(F)cc(F)c12)c1cc(-c2ccccc2)no1.O=CO. The molecule has 0 aliphatic carbocycles. The average molecular weight is 386 g/mol. The molecule has 0 aliphatic heterocycles. The normalized spacial score (nSPS) is 10.2. The second-order valence-corrected chi connectivity index (χ2v) is 5.38. The Morgan fingerprint density at radius 3 is 2.61 bits per heavy atom. The number of aromatic nitrogens is 3. The van der Waals surface area contributed by atoms with Crippen LogP contribution >= 0.6 is 0 Å². The standard InChI is InChI=1S/C17H10F2N4O2.CH2O2/c18-10-6-11(19)15-13(7-10)21-22-16(15)20-17(24)14-8-12(23-25-14)9-4-2-1-3-5-9;2-1-3/h1-8H,(H2,20,21,22,24);1H,(H,2,3). The number of benzene rings is 2. The monoisotopic (exact) mass is 386 g/mol. The van der Waals surface area contributed by atoms with E-state index in [0.717, 1.165) is 17.7 Å². The number of carbonyl (C=O) groups is 2. The molecule has 28 heavy (non-hydrogen) atoms. The van der Waals surface area contributed by atoms with Gasteiger partial charge in [0.15, 0.2) is 5.82 Å². The van der Waals surface area contributed by atoms with E-state index < -0.39 is 17.5 Å². The van der Waals surface area contributed by atoms with Crippen molar-refractivity contribution in [1.29, 1.82) is 0 Å². The van der Waals surface area contributed by atoms with E-state index in [0.29, 0.717) is 5.69 Å². The Morgan fingerprint density at radius 2 is 1.89 bits per heavy atom. The molecule has 2 aromatic carbocycles. The van der Waals surface area contributed by atoms with Crippen LogP contribution in [0, 0.1) is 11.6 Å². The molecule has 10 heteroatoms. The zero-order valence-corrected chi connectivity index (χ0v) is 14.0. The van der Waals surface area contributed by atoms with Crippen molar-refractivity contribution in [3.05, 3.63) is 65.9 Å². The molecule has 3 N–H and O–H groups in total. The van der Waals surface area contributed by atoms with Gasteiger partial charge in [0.05, 0.1) is 10.9 Å². The van der Waals surface area contributed by atoms with Gasteiger partial charge in [-0.15, -0.1) is 0 Å². The molecule has 0 radical (unpaired) electrons. The largest absolute Gasteiger partial charge is 0.483 e. The van der Waals surface area contributed by atoms with Crippen LogP contribution in [-0.2, 0) is 4.79 Å². The first kappa shape index (κ1) is 18.7. The Balaban J connectivity index is 0.000000706. The molecule has 0 fully saturated rings. The highest BCUT2D eigenvalue weighted by Gasteiger charge is 2.19. The van der Waals surface area contributed by atoms with E-state index in [1.807, 2.05) is 30.3 Å². The number of carbonyl (C=O) groups excluding carboxylic acids is 1. The molecule has 2 aromatic heterocycles. The van der Waals surface area contributed by atoms with Gasteiger partial charge in [0.25, 0.3) is 12.4 Å². The van der Waals surface area contributed by atoms with Crippen LogP contribution in [0.5, 0.6) is 0 Å². The molecule has 142 valence electrons. The number of nitrogens with zero attached hydrogens (tertiary/aromatic N) is 2. The van der Waals surface area contributed by atoms with Gasteiger partial charge >= 0.3 is 0 Å². The highest BCUT2D eigenvalue weighted by Crippen LogP contribution is 2.25. The maximum Gasteiger partial charge on any atom is 0.295 e. The van der Waals surface area contributed by atoms with E-state index in [4.69, 9.17) is 14.4 Å². The van der Waals surface area contributed by atoms with Crippen LogP contribution in [0.3, 0.4) is 0 Å². The van der Waals surface area contributed by atoms with E-state index >= 15 is 0 Å². The lowest BCUT2D eigenvalue weighted by Crippen LogP contribution is -2.11. The zero-order chi connectivity index (χ0) is 20.1. The number of hydrogen-bond acceptors (Lipinski definition) is 5. The first-order valence-electron chi connectivity index (χ1n) is 7.78. The van der Waals surface area contributed by atoms with Crippen molar-refractivity contribution >= 4 is 29.1 Å². The summed E-state index contributed by atoms with van der Waals surface area (Å²) < 4.78 is 32.2. The first-order chi connectivity index (χ1) is 13.5. The van der Waals surface area contributed by atoms with Crippen molar-refractivity contribution in [3.63, 3.8) is 0 Å². The molecule has 0 aliphatic rings. The molecule has 0 atom stereocenters. The maximum atomic E-state index is 13.9. The molecular formula is C18H12F2N4O4. The summed E-state index contributed by atoms with van der Waals surface area (Å²) in [5.41, 5.74) is 1.42. The van der Waals surface area contributed by atoms with Gasteiger partial charge in [0.2, 0.25) is 5.76 Å². The number of fused-ring (bicyclic) bond motifs is 1. The Hall–Kier alpha value is -4.08. The molecule has 2 heterocycles. The Kier molecular flexibility index (Phi) is 5.40. The molecular weight excluding hydrogens is 374 g/mol. The highest BCUT2D eigenvalue weighted by atomic mass is 19.1. The van der Waals surface area contributed by atoms with Crippen LogP contribution < -0.4 is 5.32 Å². The number of amides is 1. The first-order valence-corrected chi connectivity index (χ1v) is 7.78. The zero-order valence-electron chi connectivity index (χ0n) is 14.0. The second kappa shape index (κ2) is 8.08. The third-order valence-electron chi connectivity index (χ3n) is 3.62. The van der Waals surface area contributed by atoms with Gasteiger partial charge in [0.1, 0.15) is 17.3 Å². The summed E-state index contributed by atoms with van der Waals surface area (Å²) in [4.78, 5) is 20.6. The molecule has 0 saturated heterocycles. The van der Waals surface area contributed by atoms with E-state index in [1.165, 1.54) is 6.07 Å². The molecule has 0 saturated carbocycles. The summed E-state index contributed by atoms with van der Waals surface area (Å²) >= 11 is 0. The van der Waals surface area contributed by atoms with Crippen LogP contribution in [0.1, 0.15) is 10.6 Å². The lowest BCUT2D eigenvalue weighted by atomic mass is 10.1. The summed E-state index contributed by atoms with van der Waals surface area (Å²) in [5, 5.41) is 19.4. The third-order valence-corrected chi connectivity index (χ3v) is 3.62. The van der Waals surface area contributed by atoms with Crippen molar-refractivity contribution in [2.45, 2.75) is 0 Å². The number of anilines is 1. The minimum atomic E-state index is -0.832. The smallest absolute Gasteiger partial charge is 0.295 e. The predicted molar refractivity (Wildman–Crippen MR) is 94.6 cm³/mol. The lowest BCUT2D eigenvalue weighted by molar-refractivity contribution is -0.122. The number of halogens is 2. The minimum absolute atomic E-state index is 0.0162. The third kappa shape index (κ3) is 3.85. The molecule has 0 bridgehead atoms. The van der Waals surface area contributed by atoms with E-state index in [9.17, 15) is 13.6 Å². The van der Waals surface area contributed by atoms with Crippen molar-refractivity contribution in [3.8, 4) is 11.3 Å². The summed E-state index contributed by atoms with van der Waals surface area (Å²) in [5.74, 6) is -2.34. The predicted octanol–water partition coefficient (Wildman–Crippen LogP) is 3.45. The van der Waals surface area contributed by atoms with Crippen LogP contribution in [0.2, 0.25) is 0 Å². The molecule has 4 aromatic rings. The van der Waals surface area contributed by atoms with E-state index in [1.54, 1.807) is 0 Å². The van der Waals surface area contributed by atoms with E-state index in [-0.39, 0.29) is 29.0 Å². The minimum Gasteiger partial charge on any atom is -0.483 e. The fourth-order valence-electron chi connectivity index (χ4n) is 2.46. The van der Waals surface area contributed by atoms with Crippen LogP contribution in [0.15, 0.2) is 53.1 Å². The summed E-state index contributed by atoms with van der Waals surface area (Å²) in [6.07, 6.45) is 0. The average Bonchev–Trinajstić information content (AvgIpc) is 3.31. The van der Waals surface area contributed by atoms with Crippen molar-refractivity contribution in [1.82, 2.24) is 15.4 Å². The Morgan fingerprint density at radius 1 is 1.18 bits per heavy atom. The van der Waals surface area contributed by atoms with Gasteiger partial charge in [-0.2, -0.15) is 5.10 Å².